The minimum atomic E-state index is -3.39. The molecule has 0 unspecified atom stereocenters. The number of nitrogens with one attached hydrogen (secondary N) is 2. The van der Waals surface area contributed by atoms with Crippen molar-refractivity contribution in [1.29, 1.82) is 0 Å². The molecule has 0 fully saturated rings. The number of hydrogen-bond donors (Lipinski definition) is 2. The van der Waals surface area contributed by atoms with Crippen LogP contribution in [-0.4, -0.2) is 26.5 Å². The third-order valence-corrected chi connectivity index (χ3v) is 5.95. The second-order valence-electron chi connectivity index (χ2n) is 7.30. The first-order chi connectivity index (χ1) is 13.7. The molecule has 29 heavy (non-hydrogen) atoms. The van der Waals surface area contributed by atoms with Gasteiger partial charge in [0.25, 0.3) is 5.91 Å². The Morgan fingerprint density at radius 2 is 1.90 bits per heavy atom. The normalized spacial score (nSPS) is 15.9. The summed E-state index contributed by atoms with van der Waals surface area (Å²) >= 11 is 0. The van der Waals surface area contributed by atoms with Crippen molar-refractivity contribution in [2.75, 3.05) is 16.9 Å². The summed E-state index contributed by atoms with van der Waals surface area (Å²) in [5, 5.41) is 5.68. The molecule has 6 nitrogen and oxygen atoms in total. The highest BCUT2D eigenvalue weighted by Gasteiger charge is 2.15. The van der Waals surface area contributed by atoms with E-state index in [2.05, 4.69) is 22.8 Å². The maximum Gasteiger partial charge on any atom is 0.255 e. The van der Waals surface area contributed by atoms with Gasteiger partial charge in [-0.25, -0.2) is 8.42 Å². The summed E-state index contributed by atoms with van der Waals surface area (Å²) in [5.74, 6) is -0.129. The van der Waals surface area contributed by atoms with Crippen LogP contribution < -0.4 is 10.6 Å². The molecule has 1 atom stereocenters. The molecule has 7 heteroatoms. The van der Waals surface area contributed by atoms with Crippen LogP contribution in [0, 0.1) is 12.8 Å². The van der Waals surface area contributed by atoms with Crippen molar-refractivity contribution >= 4 is 33.0 Å². The molecule has 0 aliphatic heterocycles. The first kappa shape index (κ1) is 20.8. The second-order valence-corrected chi connectivity index (χ2v) is 9.32. The molecule has 0 heterocycles. The summed E-state index contributed by atoms with van der Waals surface area (Å²) in [6, 6.07) is 11.2. The van der Waals surface area contributed by atoms with Gasteiger partial charge < -0.3 is 10.6 Å². The minimum absolute atomic E-state index is 0.0321. The number of rotatable bonds is 6. The third kappa shape index (κ3) is 5.54. The van der Waals surface area contributed by atoms with Gasteiger partial charge in [-0.2, -0.15) is 0 Å². The molecular formula is C22H24N2O4S. The molecule has 0 saturated carbocycles. The van der Waals surface area contributed by atoms with Crippen molar-refractivity contribution in [1.82, 2.24) is 0 Å². The van der Waals surface area contributed by atoms with Gasteiger partial charge in [-0.15, -0.1) is 0 Å². The van der Waals surface area contributed by atoms with Gasteiger partial charge in [-0.3, -0.25) is 9.59 Å². The van der Waals surface area contributed by atoms with E-state index >= 15 is 0 Å². The Bertz CT molecular complexity index is 1070. The van der Waals surface area contributed by atoms with Crippen molar-refractivity contribution in [3.63, 3.8) is 0 Å². The molecule has 0 spiro atoms. The van der Waals surface area contributed by atoms with Crippen molar-refractivity contribution in [2.45, 2.75) is 31.1 Å². The van der Waals surface area contributed by atoms with Gasteiger partial charge in [-0.1, -0.05) is 18.2 Å². The molecule has 3 rings (SSSR count). The van der Waals surface area contributed by atoms with Crippen LogP contribution in [0.2, 0.25) is 0 Å². The van der Waals surface area contributed by atoms with E-state index in [0.717, 1.165) is 24.7 Å². The number of sulfone groups is 1. The number of hydrogen-bond acceptors (Lipinski definition) is 4. The molecule has 2 aromatic rings. The quantitative estimate of drug-likeness (QED) is 0.703. The number of allylic oxidation sites excluding steroid dienone is 2. The predicted octanol–water partition coefficient (Wildman–Crippen LogP) is 3.95. The summed E-state index contributed by atoms with van der Waals surface area (Å²) < 4.78 is 23.4. The van der Waals surface area contributed by atoms with E-state index in [1.807, 2.05) is 6.92 Å². The molecule has 2 N–H and O–H groups in total. The molecule has 0 saturated heterocycles. The van der Waals surface area contributed by atoms with Crippen LogP contribution in [0.15, 0.2) is 59.5 Å². The molecule has 0 bridgehead atoms. The fraction of sp³-hybridized carbons (Fsp3) is 0.273. The summed E-state index contributed by atoms with van der Waals surface area (Å²) in [6.07, 6.45) is 7.79. The summed E-state index contributed by atoms with van der Waals surface area (Å²) in [4.78, 5) is 24.8. The monoisotopic (exact) mass is 412 g/mol. The first-order valence-electron chi connectivity index (χ1n) is 9.41. The van der Waals surface area contributed by atoms with Crippen LogP contribution in [0.5, 0.6) is 0 Å². The van der Waals surface area contributed by atoms with Crippen molar-refractivity contribution in [2.24, 2.45) is 5.92 Å². The molecule has 2 aromatic carbocycles. The summed E-state index contributed by atoms with van der Waals surface area (Å²) in [6.45, 7) is 1.83. The molecular weight excluding hydrogens is 388 g/mol. The van der Waals surface area contributed by atoms with Gasteiger partial charge in [0.15, 0.2) is 9.84 Å². The zero-order valence-electron chi connectivity index (χ0n) is 16.4. The van der Waals surface area contributed by atoms with Crippen LogP contribution in [0.4, 0.5) is 11.4 Å². The van der Waals surface area contributed by atoms with Gasteiger partial charge in [0, 0.05) is 29.6 Å². The van der Waals surface area contributed by atoms with Crippen LogP contribution >= 0.6 is 0 Å². The number of benzene rings is 2. The van der Waals surface area contributed by atoms with E-state index in [1.54, 1.807) is 24.3 Å². The average molecular weight is 413 g/mol. The predicted molar refractivity (Wildman–Crippen MR) is 114 cm³/mol. The third-order valence-electron chi connectivity index (χ3n) is 4.84. The molecule has 0 radical (unpaired) electrons. The Kier molecular flexibility index (Phi) is 6.17. The van der Waals surface area contributed by atoms with Gasteiger partial charge in [-0.05, 0) is 67.6 Å². The number of aryl methyl sites for hydroxylation is 1. The Balaban J connectivity index is 1.66. The fourth-order valence-electron chi connectivity index (χ4n) is 3.26. The van der Waals surface area contributed by atoms with Crippen LogP contribution in [0.3, 0.4) is 0 Å². The molecule has 0 aromatic heterocycles. The number of carbonyl (C=O) groups excluding carboxylic acids is 2. The van der Waals surface area contributed by atoms with Crippen molar-refractivity contribution < 1.29 is 18.0 Å². The van der Waals surface area contributed by atoms with Gasteiger partial charge in [0.2, 0.25) is 5.91 Å². The molecule has 152 valence electrons. The Hall–Kier alpha value is -2.93. The lowest BCUT2D eigenvalue weighted by atomic mass is 10.0. The van der Waals surface area contributed by atoms with E-state index in [-0.39, 0.29) is 16.4 Å². The van der Waals surface area contributed by atoms with Gasteiger partial charge in [0.1, 0.15) is 0 Å². The zero-order valence-corrected chi connectivity index (χ0v) is 17.3. The zero-order chi connectivity index (χ0) is 21.0. The highest BCUT2D eigenvalue weighted by atomic mass is 32.2. The van der Waals surface area contributed by atoms with Crippen molar-refractivity contribution in [3.8, 4) is 0 Å². The lowest BCUT2D eigenvalue weighted by Crippen LogP contribution is -2.16. The fourth-order valence-corrected chi connectivity index (χ4v) is 3.93. The second kappa shape index (κ2) is 8.61. The number of carbonyl (C=O) groups is 2. The lowest BCUT2D eigenvalue weighted by Gasteiger charge is -2.13. The van der Waals surface area contributed by atoms with Gasteiger partial charge >= 0.3 is 0 Å². The van der Waals surface area contributed by atoms with E-state index in [1.165, 1.54) is 18.2 Å². The summed E-state index contributed by atoms with van der Waals surface area (Å²) in [5.41, 5.74) is 2.31. The van der Waals surface area contributed by atoms with Crippen LogP contribution in [0.25, 0.3) is 0 Å². The minimum Gasteiger partial charge on any atom is -0.326 e. The Morgan fingerprint density at radius 1 is 1.10 bits per heavy atom. The maximum absolute atomic E-state index is 12.5. The standard InChI is InChI=1S/C22H24N2O4S/c1-15-12-18(23-21(25)13-16-6-3-4-7-16)10-11-20(15)24-22(26)17-8-5-9-19(14-17)29(2,27)28/h3,5-6,8-12,14,16H,4,7,13H2,1-2H3,(H,23,25)(H,24,26)/t16-/m0/s1. The van der Waals surface area contributed by atoms with Crippen LogP contribution in [0.1, 0.15) is 35.2 Å². The maximum atomic E-state index is 12.5. The average Bonchev–Trinajstić information content (AvgIpc) is 3.16. The van der Waals surface area contributed by atoms with E-state index in [9.17, 15) is 18.0 Å². The van der Waals surface area contributed by atoms with E-state index in [0.29, 0.717) is 23.7 Å². The topological polar surface area (TPSA) is 92.3 Å². The highest BCUT2D eigenvalue weighted by Crippen LogP contribution is 2.23. The number of anilines is 2. The van der Waals surface area contributed by atoms with Gasteiger partial charge in [0.05, 0.1) is 4.90 Å². The Labute approximate surface area is 170 Å². The van der Waals surface area contributed by atoms with E-state index in [4.69, 9.17) is 0 Å². The molecule has 2 amide bonds. The van der Waals surface area contributed by atoms with E-state index < -0.39 is 15.7 Å². The SMILES string of the molecule is Cc1cc(NC(=O)C[C@H]2C=CCC2)ccc1NC(=O)c1cccc(S(C)(=O)=O)c1. The highest BCUT2D eigenvalue weighted by molar-refractivity contribution is 7.90. The number of amides is 2. The lowest BCUT2D eigenvalue weighted by molar-refractivity contribution is -0.116. The molecule has 1 aliphatic carbocycles. The Morgan fingerprint density at radius 3 is 2.55 bits per heavy atom. The summed E-state index contributed by atoms with van der Waals surface area (Å²) in [7, 11) is -3.39. The first-order valence-corrected chi connectivity index (χ1v) is 11.3. The largest absolute Gasteiger partial charge is 0.326 e. The van der Waals surface area contributed by atoms with Crippen molar-refractivity contribution in [3.05, 3.63) is 65.7 Å². The van der Waals surface area contributed by atoms with Crippen LogP contribution in [-0.2, 0) is 14.6 Å². The molecule has 1 aliphatic rings. The smallest absolute Gasteiger partial charge is 0.255 e.